The SMILES string of the molecule is CCCCB1C=CC=CC1OC(C)=O. The molecule has 0 saturated heterocycles. The number of rotatable bonds is 4. The predicted molar refractivity (Wildman–Crippen MR) is 59.3 cm³/mol. The smallest absolute Gasteiger partial charge is 0.302 e. The first-order valence-corrected chi connectivity index (χ1v) is 5.26. The maximum absolute atomic E-state index is 10.9. The summed E-state index contributed by atoms with van der Waals surface area (Å²) in [7, 11) is 0. The largest absolute Gasteiger partial charge is 0.467 e. The lowest BCUT2D eigenvalue weighted by Gasteiger charge is -2.20. The van der Waals surface area contributed by atoms with Gasteiger partial charge in [-0.2, -0.15) is 0 Å². The van der Waals surface area contributed by atoms with E-state index < -0.39 is 0 Å². The highest BCUT2D eigenvalue weighted by Crippen LogP contribution is 2.14. The molecule has 1 heterocycles. The molecule has 1 rings (SSSR count). The van der Waals surface area contributed by atoms with Gasteiger partial charge in [-0.05, 0) is 0 Å². The third kappa shape index (κ3) is 3.40. The van der Waals surface area contributed by atoms with Gasteiger partial charge >= 0.3 is 5.97 Å². The molecule has 3 heteroatoms. The number of carbonyl (C=O) groups excluding carboxylic acids is 1. The van der Waals surface area contributed by atoms with Crippen molar-refractivity contribution in [1.82, 2.24) is 0 Å². The van der Waals surface area contributed by atoms with Crippen molar-refractivity contribution in [3.63, 3.8) is 0 Å². The van der Waals surface area contributed by atoms with E-state index in [0.29, 0.717) is 6.71 Å². The van der Waals surface area contributed by atoms with Crippen LogP contribution in [0.5, 0.6) is 0 Å². The Morgan fingerprint density at radius 2 is 2.29 bits per heavy atom. The summed E-state index contributed by atoms with van der Waals surface area (Å²) in [6, 6.07) is -0.0518. The van der Waals surface area contributed by atoms with E-state index in [9.17, 15) is 4.79 Å². The van der Waals surface area contributed by atoms with E-state index >= 15 is 0 Å². The first-order valence-electron chi connectivity index (χ1n) is 5.26. The van der Waals surface area contributed by atoms with Crippen LogP contribution in [0.1, 0.15) is 26.7 Å². The fourth-order valence-electron chi connectivity index (χ4n) is 1.65. The van der Waals surface area contributed by atoms with Gasteiger partial charge < -0.3 is 4.74 Å². The molecule has 0 saturated carbocycles. The molecule has 1 aliphatic heterocycles. The van der Waals surface area contributed by atoms with E-state index in [2.05, 4.69) is 12.9 Å². The van der Waals surface area contributed by atoms with Crippen LogP contribution < -0.4 is 0 Å². The Balaban J connectivity index is 2.48. The molecule has 0 aliphatic carbocycles. The van der Waals surface area contributed by atoms with Gasteiger partial charge in [0.2, 0.25) is 6.71 Å². The quantitative estimate of drug-likeness (QED) is 0.505. The van der Waals surface area contributed by atoms with Crippen LogP contribution in [-0.4, -0.2) is 18.7 Å². The number of carbonyl (C=O) groups is 1. The highest BCUT2D eigenvalue weighted by atomic mass is 16.5. The number of hydrogen-bond acceptors (Lipinski definition) is 2. The number of hydrogen-bond donors (Lipinski definition) is 0. The van der Waals surface area contributed by atoms with E-state index in [4.69, 9.17) is 4.74 Å². The molecule has 1 atom stereocenters. The first kappa shape index (κ1) is 11.1. The zero-order chi connectivity index (χ0) is 10.4. The van der Waals surface area contributed by atoms with Crippen LogP contribution >= 0.6 is 0 Å². The Bertz CT molecular complexity index is 246. The number of unbranched alkanes of at least 4 members (excludes halogenated alkanes) is 1. The lowest BCUT2D eigenvalue weighted by Crippen LogP contribution is -2.33. The van der Waals surface area contributed by atoms with Gasteiger partial charge in [-0.15, -0.1) is 5.98 Å². The third-order valence-corrected chi connectivity index (χ3v) is 2.39. The van der Waals surface area contributed by atoms with Crippen LogP contribution in [0.4, 0.5) is 0 Å². The number of ether oxygens (including phenoxy) is 1. The molecule has 2 nitrogen and oxygen atoms in total. The summed E-state index contributed by atoms with van der Waals surface area (Å²) in [5.74, 6) is 1.93. The molecule has 0 radical (unpaired) electrons. The fourth-order valence-corrected chi connectivity index (χ4v) is 1.65. The summed E-state index contributed by atoms with van der Waals surface area (Å²) in [4.78, 5) is 10.9. The second-order valence-electron chi connectivity index (χ2n) is 3.65. The number of allylic oxidation sites excluding steroid dienone is 2. The van der Waals surface area contributed by atoms with Crippen molar-refractivity contribution >= 4 is 12.7 Å². The van der Waals surface area contributed by atoms with Crippen LogP contribution in [0.3, 0.4) is 0 Å². The molecule has 0 fully saturated rings. The lowest BCUT2D eigenvalue weighted by molar-refractivity contribution is -0.141. The molecule has 14 heavy (non-hydrogen) atoms. The molecule has 0 amide bonds. The van der Waals surface area contributed by atoms with Gasteiger partial charge in [-0.3, -0.25) is 4.79 Å². The molecule has 1 unspecified atom stereocenters. The minimum atomic E-state index is -0.198. The van der Waals surface area contributed by atoms with Crippen molar-refractivity contribution in [1.29, 1.82) is 0 Å². The second-order valence-corrected chi connectivity index (χ2v) is 3.65. The lowest BCUT2D eigenvalue weighted by atomic mass is 9.41. The molecule has 1 aliphatic rings. The Kier molecular flexibility index (Phi) is 4.50. The average Bonchev–Trinajstić information content (AvgIpc) is 2.16. The molecular weight excluding hydrogens is 175 g/mol. The van der Waals surface area contributed by atoms with Crippen molar-refractivity contribution in [3.8, 4) is 0 Å². The monoisotopic (exact) mass is 192 g/mol. The molecule has 0 spiro atoms. The van der Waals surface area contributed by atoms with E-state index in [-0.39, 0.29) is 12.0 Å². The van der Waals surface area contributed by atoms with Crippen LogP contribution in [0.2, 0.25) is 6.32 Å². The predicted octanol–water partition coefficient (Wildman–Crippen LogP) is 2.42. The van der Waals surface area contributed by atoms with Crippen LogP contribution in [0.15, 0.2) is 24.2 Å². The topological polar surface area (TPSA) is 26.3 Å². The molecule has 0 aromatic heterocycles. The van der Waals surface area contributed by atoms with Crippen molar-refractivity contribution in [2.45, 2.75) is 39.0 Å². The highest BCUT2D eigenvalue weighted by molar-refractivity contribution is 6.66. The van der Waals surface area contributed by atoms with E-state index in [1.807, 2.05) is 18.2 Å². The summed E-state index contributed by atoms with van der Waals surface area (Å²) in [6.45, 7) is 4.00. The minimum absolute atomic E-state index is 0.0518. The number of esters is 1. The van der Waals surface area contributed by atoms with Crippen molar-refractivity contribution < 1.29 is 9.53 Å². The maximum Gasteiger partial charge on any atom is 0.302 e. The van der Waals surface area contributed by atoms with Gasteiger partial charge in [0.1, 0.15) is 0 Å². The van der Waals surface area contributed by atoms with Gasteiger partial charge in [-0.1, -0.05) is 44.3 Å². The third-order valence-electron chi connectivity index (χ3n) is 2.39. The summed E-state index contributed by atoms with van der Waals surface area (Å²) in [5.41, 5.74) is 0. The van der Waals surface area contributed by atoms with Crippen LogP contribution in [0, 0.1) is 0 Å². The van der Waals surface area contributed by atoms with Crippen LogP contribution in [0.25, 0.3) is 0 Å². The fraction of sp³-hybridized carbons (Fsp3) is 0.545. The molecular formula is C11H17BO2. The standard InChI is InChI=1S/C11H17BO2/c1-3-4-8-12-9-6-5-7-11(12)14-10(2)13/h5-7,9,11H,3-4,8H2,1-2H3. The van der Waals surface area contributed by atoms with Crippen LogP contribution in [-0.2, 0) is 9.53 Å². The molecule has 76 valence electrons. The van der Waals surface area contributed by atoms with Crippen molar-refractivity contribution in [3.05, 3.63) is 24.2 Å². The summed E-state index contributed by atoms with van der Waals surface area (Å²) < 4.78 is 5.22. The zero-order valence-electron chi connectivity index (χ0n) is 8.90. The van der Waals surface area contributed by atoms with Gasteiger partial charge in [0.05, 0.1) is 6.00 Å². The van der Waals surface area contributed by atoms with Gasteiger partial charge in [-0.25, -0.2) is 0 Å². The summed E-state index contributed by atoms with van der Waals surface area (Å²) in [5, 5.41) is 0. The Morgan fingerprint density at radius 1 is 1.50 bits per heavy atom. The Hall–Kier alpha value is -0.985. The molecule has 0 bridgehead atoms. The van der Waals surface area contributed by atoms with Crippen molar-refractivity contribution in [2.24, 2.45) is 0 Å². The Morgan fingerprint density at radius 3 is 2.93 bits per heavy atom. The van der Waals surface area contributed by atoms with Crippen molar-refractivity contribution in [2.75, 3.05) is 0 Å². The van der Waals surface area contributed by atoms with E-state index in [1.54, 1.807) is 0 Å². The van der Waals surface area contributed by atoms with E-state index in [1.165, 1.54) is 19.8 Å². The summed E-state index contributed by atoms with van der Waals surface area (Å²) >= 11 is 0. The molecule has 0 N–H and O–H groups in total. The first-order chi connectivity index (χ1) is 6.74. The molecule has 0 aromatic rings. The van der Waals surface area contributed by atoms with Gasteiger partial charge in [0, 0.05) is 6.92 Å². The summed E-state index contributed by atoms with van der Waals surface area (Å²) in [6.07, 6.45) is 9.38. The zero-order valence-corrected chi connectivity index (χ0v) is 8.90. The van der Waals surface area contributed by atoms with E-state index in [0.717, 1.165) is 6.32 Å². The Labute approximate surface area is 86.1 Å². The highest BCUT2D eigenvalue weighted by Gasteiger charge is 2.24. The molecule has 0 aromatic carbocycles. The minimum Gasteiger partial charge on any atom is -0.467 e. The average molecular weight is 192 g/mol. The normalized spacial score (nSPS) is 19.9. The van der Waals surface area contributed by atoms with Gasteiger partial charge in [0.25, 0.3) is 0 Å². The maximum atomic E-state index is 10.9. The second kappa shape index (κ2) is 5.68. The van der Waals surface area contributed by atoms with Gasteiger partial charge in [0.15, 0.2) is 0 Å².